The third-order valence-electron chi connectivity index (χ3n) is 4.70. The Morgan fingerprint density at radius 3 is 2.52 bits per heavy atom. The standard InChI is InChI=1S/C21H20N4O3S/c1-12-17(20-24-19(25-28-20)13-7-5-4-6-8-13)18(23-21(29)22-12)14-9-10-15(26-2)16(11-14)27-3/h4-11,18H,1-3H3,(H2,22,23,29)/t18-/m0/s1. The molecule has 8 heteroatoms. The van der Waals surface area contributed by atoms with Crippen molar-refractivity contribution >= 4 is 22.9 Å². The molecule has 2 N–H and O–H groups in total. The van der Waals surface area contributed by atoms with Crippen molar-refractivity contribution in [3.63, 3.8) is 0 Å². The van der Waals surface area contributed by atoms with Crippen LogP contribution in [0.15, 0.2) is 58.8 Å². The number of ether oxygens (including phenoxy) is 2. The molecule has 29 heavy (non-hydrogen) atoms. The van der Waals surface area contributed by atoms with Crippen molar-refractivity contribution in [1.82, 2.24) is 20.8 Å². The summed E-state index contributed by atoms with van der Waals surface area (Å²) in [5.41, 5.74) is 3.48. The van der Waals surface area contributed by atoms with Gasteiger partial charge in [-0.05, 0) is 36.8 Å². The predicted molar refractivity (Wildman–Crippen MR) is 113 cm³/mol. The van der Waals surface area contributed by atoms with E-state index in [2.05, 4.69) is 20.8 Å². The highest BCUT2D eigenvalue weighted by Crippen LogP contribution is 2.38. The van der Waals surface area contributed by atoms with Gasteiger partial charge in [0.05, 0.1) is 25.8 Å². The Labute approximate surface area is 173 Å². The van der Waals surface area contributed by atoms with Gasteiger partial charge in [-0.2, -0.15) is 4.98 Å². The van der Waals surface area contributed by atoms with E-state index in [0.717, 1.165) is 22.4 Å². The van der Waals surface area contributed by atoms with Crippen LogP contribution in [-0.4, -0.2) is 29.5 Å². The zero-order chi connectivity index (χ0) is 20.4. The van der Waals surface area contributed by atoms with Crippen LogP contribution in [0.25, 0.3) is 17.0 Å². The number of nitrogens with one attached hydrogen (secondary N) is 2. The van der Waals surface area contributed by atoms with Gasteiger partial charge in [0.15, 0.2) is 16.6 Å². The summed E-state index contributed by atoms with van der Waals surface area (Å²) in [7, 11) is 3.21. The van der Waals surface area contributed by atoms with Crippen LogP contribution >= 0.6 is 12.2 Å². The number of methoxy groups -OCH3 is 2. The summed E-state index contributed by atoms with van der Waals surface area (Å²) in [4.78, 5) is 4.62. The monoisotopic (exact) mass is 408 g/mol. The van der Waals surface area contributed by atoms with E-state index in [0.29, 0.717) is 28.3 Å². The molecule has 1 aliphatic rings. The van der Waals surface area contributed by atoms with Crippen molar-refractivity contribution in [3.8, 4) is 22.9 Å². The molecule has 7 nitrogen and oxygen atoms in total. The summed E-state index contributed by atoms with van der Waals surface area (Å²) in [6, 6.07) is 15.1. The highest BCUT2D eigenvalue weighted by molar-refractivity contribution is 7.80. The van der Waals surface area contributed by atoms with Crippen molar-refractivity contribution in [2.75, 3.05) is 14.2 Å². The summed E-state index contributed by atoms with van der Waals surface area (Å²) in [5.74, 6) is 2.23. The van der Waals surface area contributed by atoms with Gasteiger partial charge in [-0.15, -0.1) is 0 Å². The summed E-state index contributed by atoms with van der Waals surface area (Å²) in [6.07, 6.45) is 0. The first kappa shape index (κ1) is 18.9. The first-order chi connectivity index (χ1) is 14.1. The van der Waals surface area contributed by atoms with Crippen molar-refractivity contribution < 1.29 is 14.0 Å². The summed E-state index contributed by atoms with van der Waals surface area (Å²) >= 11 is 5.38. The maximum atomic E-state index is 5.62. The van der Waals surface area contributed by atoms with E-state index in [1.165, 1.54) is 0 Å². The predicted octanol–water partition coefficient (Wildman–Crippen LogP) is 3.70. The molecule has 0 spiro atoms. The van der Waals surface area contributed by atoms with Crippen LogP contribution in [0.1, 0.15) is 24.4 Å². The van der Waals surface area contributed by atoms with Gasteiger partial charge in [0.1, 0.15) is 0 Å². The Balaban J connectivity index is 1.77. The first-order valence-electron chi connectivity index (χ1n) is 9.00. The molecule has 0 aliphatic carbocycles. The molecular weight excluding hydrogens is 388 g/mol. The molecule has 148 valence electrons. The molecule has 0 radical (unpaired) electrons. The van der Waals surface area contributed by atoms with Gasteiger partial charge in [-0.25, -0.2) is 0 Å². The Bertz CT molecular complexity index is 1080. The Morgan fingerprint density at radius 1 is 1.03 bits per heavy atom. The second-order valence-electron chi connectivity index (χ2n) is 6.47. The van der Waals surface area contributed by atoms with Gasteiger partial charge in [-0.1, -0.05) is 41.6 Å². The molecule has 0 bridgehead atoms. The molecule has 1 aromatic heterocycles. The quantitative estimate of drug-likeness (QED) is 0.619. The molecule has 0 fully saturated rings. The highest BCUT2D eigenvalue weighted by atomic mass is 32.1. The Hall–Kier alpha value is -3.39. The normalized spacial score (nSPS) is 16.2. The van der Waals surface area contributed by atoms with Crippen LogP contribution in [0.4, 0.5) is 0 Å². The van der Waals surface area contributed by atoms with Crippen LogP contribution in [0.5, 0.6) is 11.5 Å². The van der Waals surface area contributed by atoms with E-state index in [9.17, 15) is 0 Å². The third kappa shape index (κ3) is 3.66. The fourth-order valence-electron chi connectivity index (χ4n) is 3.30. The minimum absolute atomic E-state index is 0.285. The largest absolute Gasteiger partial charge is 0.493 e. The SMILES string of the molecule is COc1ccc([C@@H]2NC(=S)NC(C)=C2c2nc(-c3ccccc3)no2)cc1OC. The van der Waals surface area contributed by atoms with E-state index < -0.39 is 0 Å². The van der Waals surface area contributed by atoms with Crippen LogP contribution < -0.4 is 20.1 Å². The number of nitrogens with zero attached hydrogens (tertiary/aromatic N) is 2. The van der Waals surface area contributed by atoms with Crippen LogP contribution in [-0.2, 0) is 0 Å². The Morgan fingerprint density at radius 2 is 1.79 bits per heavy atom. The Kier molecular flexibility index (Phi) is 5.18. The van der Waals surface area contributed by atoms with E-state index >= 15 is 0 Å². The van der Waals surface area contributed by atoms with E-state index in [1.54, 1.807) is 14.2 Å². The lowest BCUT2D eigenvalue weighted by Crippen LogP contribution is -2.42. The average Bonchev–Trinajstić information content (AvgIpc) is 3.23. The zero-order valence-electron chi connectivity index (χ0n) is 16.2. The van der Waals surface area contributed by atoms with Gasteiger partial charge >= 0.3 is 0 Å². The lowest BCUT2D eigenvalue weighted by atomic mass is 9.95. The summed E-state index contributed by atoms with van der Waals surface area (Å²) in [6.45, 7) is 1.93. The summed E-state index contributed by atoms with van der Waals surface area (Å²) < 4.78 is 16.4. The molecule has 2 heterocycles. The maximum absolute atomic E-state index is 5.62. The molecule has 2 aromatic carbocycles. The molecule has 0 amide bonds. The van der Waals surface area contributed by atoms with Crippen molar-refractivity contribution in [2.45, 2.75) is 13.0 Å². The van der Waals surface area contributed by atoms with Crippen LogP contribution in [0.3, 0.4) is 0 Å². The molecule has 1 atom stereocenters. The second-order valence-corrected chi connectivity index (χ2v) is 6.88. The molecular formula is C21H20N4O3S. The number of hydrogen-bond acceptors (Lipinski definition) is 6. The van der Waals surface area contributed by atoms with E-state index in [1.807, 2.05) is 55.5 Å². The zero-order valence-corrected chi connectivity index (χ0v) is 17.0. The molecule has 1 aliphatic heterocycles. The average molecular weight is 408 g/mol. The fourth-order valence-corrected chi connectivity index (χ4v) is 3.57. The molecule has 3 aromatic rings. The molecule has 4 rings (SSSR count). The maximum Gasteiger partial charge on any atom is 0.258 e. The van der Waals surface area contributed by atoms with Gasteiger partial charge in [-0.3, -0.25) is 0 Å². The minimum atomic E-state index is -0.285. The molecule has 0 saturated carbocycles. The lowest BCUT2D eigenvalue weighted by molar-refractivity contribution is 0.354. The number of allylic oxidation sites excluding steroid dienone is 1. The molecule has 0 saturated heterocycles. The number of benzene rings is 2. The number of thiocarbonyl (C=S) groups is 1. The van der Waals surface area contributed by atoms with Crippen molar-refractivity contribution in [1.29, 1.82) is 0 Å². The highest BCUT2D eigenvalue weighted by Gasteiger charge is 2.30. The van der Waals surface area contributed by atoms with E-state index in [-0.39, 0.29) is 6.04 Å². The van der Waals surface area contributed by atoms with Crippen molar-refractivity contribution in [3.05, 3.63) is 65.7 Å². The van der Waals surface area contributed by atoms with Gasteiger partial charge in [0.25, 0.3) is 5.89 Å². The first-order valence-corrected chi connectivity index (χ1v) is 9.41. The molecule has 0 unspecified atom stereocenters. The van der Waals surface area contributed by atoms with Gasteiger partial charge in [0, 0.05) is 11.3 Å². The number of rotatable bonds is 5. The van der Waals surface area contributed by atoms with E-state index in [4.69, 9.17) is 26.2 Å². The van der Waals surface area contributed by atoms with Crippen LogP contribution in [0, 0.1) is 0 Å². The van der Waals surface area contributed by atoms with Gasteiger partial charge < -0.3 is 24.6 Å². The number of aromatic nitrogens is 2. The third-order valence-corrected chi connectivity index (χ3v) is 4.92. The lowest BCUT2D eigenvalue weighted by Gasteiger charge is -2.29. The van der Waals surface area contributed by atoms with Crippen LogP contribution in [0.2, 0.25) is 0 Å². The fraction of sp³-hybridized carbons (Fsp3) is 0.190. The smallest absolute Gasteiger partial charge is 0.258 e. The van der Waals surface area contributed by atoms with Gasteiger partial charge in [0.2, 0.25) is 5.82 Å². The second kappa shape index (κ2) is 7.92. The number of hydrogen-bond donors (Lipinski definition) is 2. The summed E-state index contributed by atoms with van der Waals surface area (Å²) in [5, 5.41) is 11.1. The topological polar surface area (TPSA) is 81.4 Å². The minimum Gasteiger partial charge on any atom is -0.493 e. The van der Waals surface area contributed by atoms with Crippen molar-refractivity contribution in [2.24, 2.45) is 0 Å².